The first-order valence-electron chi connectivity index (χ1n) is 13.4. The van der Waals surface area contributed by atoms with Crippen molar-refractivity contribution in [1.82, 2.24) is 14.8 Å². The minimum atomic E-state index is -0.312. The van der Waals surface area contributed by atoms with Crippen LogP contribution in [0.1, 0.15) is 50.1 Å². The first-order chi connectivity index (χ1) is 18.7. The van der Waals surface area contributed by atoms with E-state index in [1.807, 2.05) is 56.5 Å². The maximum absolute atomic E-state index is 13.9. The molecular formula is C29H40N4O5S. The zero-order valence-corrected chi connectivity index (χ0v) is 24.5. The number of amides is 2. The highest BCUT2D eigenvalue weighted by Crippen LogP contribution is 2.38. The molecule has 39 heavy (non-hydrogen) atoms. The molecule has 2 amide bonds. The number of hydrogen-bond donors (Lipinski definition) is 0. The summed E-state index contributed by atoms with van der Waals surface area (Å²) in [4.78, 5) is 32.3. The Morgan fingerprint density at radius 2 is 1.87 bits per heavy atom. The van der Waals surface area contributed by atoms with Crippen LogP contribution in [0.2, 0.25) is 0 Å². The Kier molecular flexibility index (Phi) is 9.63. The molecule has 9 nitrogen and oxygen atoms in total. The molecule has 212 valence electrons. The third kappa shape index (κ3) is 7.58. The van der Waals surface area contributed by atoms with Gasteiger partial charge in [0.1, 0.15) is 6.54 Å². The Morgan fingerprint density at radius 3 is 2.51 bits per heavy atom. The van der Waals surface area contributed by atoms with Crippen LogP contribution in [0.5, 0.6) is 11.5 Å². The first kappa shape index (κ1) is 29.0. The summed E-state index contributed by atoms with van der Waals surface area (Å²) in [5.74, 6) is 0.997. The largest absolute Gasteiger partial charge is 0.493 e. The summed E-state index contributed by atoms with van der Waals surface area (Å²) in [6.45, 7) is 10.3. The molecule has 0 bridgehead atoms. The summed E-state index contributed by atoms with van der Waals surface area (Å²) >= 11 is 1.60. The topological polar surface area (TPSA) is 83.9 Å². The van der Waals surface area contributed by atoms with Gasteiger partial charge >= 0.3 is 0 Å². The van der Waals surface area contributed by atoms with Crippen LogP contribution in [-0.4, -0.2) is 92.5 Å². The molecule has 4 rings (SSSR count). The van der Waals surface area contributed by atoms with E-state index in [0.29, 0.717) is 50.6 Å². The van der Waals surface area contributed by atoms with Crippen molar-refractivity contribution < 1.29 is 23.8 Å². The average molecular weight is 557 g/mol. The molecule has 1 saturated heterocycles. The van der Waals surface area contributed by atoms with E-state index in [4.69, 9.17) is 19.3 Å². The second-order valence-electron chi connectivity index (χ2n) is 11.1. The molecular weight excluding hydrogens is 516 g/mol. The molecule has 2 aromatic rings. The minimum Gasteiger partial charge on any atom is -0.493 e. The number of nitrogens with zero attached hydrogens (tertiary/aromatic N) is 4. The second-order valence-corrected chi connectivity index (χ2v) is 12.1. The number of hydrogen-bond acceptors (Lipinski definition) is 8. The summed E-state index contributed by atoms with van der Waals surface area (Å²) in [5.41, 5.74) is 1.58. The van der Waals surface area contributed by atoms with E-state index in [1.165, 1.54) is 0 Å². The van der Waals surface area contributed by atoms with Crippen LogP contribution in [0.3, 0.4) is 0 Å². The van der Waals surface area contributed by atoms with Crippen LogP contribution in [0.15, 0.2) is 40.8 Å². The van der Waals surface area contributed by atoms with Crippen molar-refractivity contribution in [1.29, 1.82) is 0 Å². The van der Waals surface area contributed by atoms with Crippen molar-refractivity contribution in [3.8, 4) is 11.5 Å². The summed E-state index contributed by atoms with van der Waals surface area (Å²) < 4.78 is 16.4. The number of morpholine rings is 1. The SMILES string of the molecule is COc1ccc(C2CC(c3cccs3)=NN2C(=O)CN(CCN2CCOCC2)C(=O)CC(C)(C)C)cc1OC. The van der Waals surface area contributed by atoms with E-state index in [-0.39, 0.29) is 29.8 Å². The van der Waals surface area contributed by atoms with E-state index < -0.39 is 0 Å². The molecule has 0 radical (unpaired) electrons. The lowest BCUT2D eigenvalue weighted by atomic mass is 9.91. The molecule has 2 aliphatic rings. The minimum absolute atomic E-state index is 0.0200. The number of ether oxygens (including phenoxy) is 3. The van der Waals surface area contributed by atoms with E-state index in [1.54, 1.807) is 35.5 Å². The van der Waals surface area contributed by atoms with Crippen molar-refractivity contribution in [3.63, 3.8) is 0 Å². The van der Waals surface area contributed by atoms with Crippen molar-refractivity contribution in [2.45, 2.75) is 39.7 Å². The molecule has 0 saturated carbocycles. The van der Waals surface area contributed by atoms with Crippen LogP contribution in [-0.2, 0) is 14.3 Å². The molecule has 1 atom stereocenters. The number of carbonyl (C=O) groups excluding carboxylic acids is 2. The zero-order chi connectivity index (χ0) is 28.0. The summed E-state index contributed by atoms with van der Waals surface area (Å²) in [6, 6.07) is 9.38. The van der Waals surface area contributed by atoms with Gasteiger partial charge in [0.15, 0.2) is 11.5 Å². The Morgan fingerprint density at radius 1 is 1.13 bits per heavy atom. The molecule has 1 fully saturated rings. The van der Waals surface area contributed by atoms with Crippen LogP contribution >= 0.6 is 11.3 Å². The van der Waals surface area contributed by atoms with E-state index in [9.17, 15) is 9.59 Å². The normalized spacial score (nSPS) is 18.1. The van der Waals surface area contributed by atoms with Gasteiger partial charge in [-0.1, -0.05) is 32.9 Å². The first-order valence-corrected chi connectivity index (χ1v) is 14.3. The van der Waals surface area contributed by atoms with Crippen molar-refractivity contribution >= 4 is 28.9 Å². The van der Waals surface area contributed by atoms with Gasteiger partial charge in [-0.2, -0.15) is 5.10 Å². The lowest BCUT2D eigenvalue weighted by Crippen LogP contribution is -2.47. The maximum Gasteiger partial charge on any atom is 0.262 e. The standard InChI is InChI=1S/C29H40N4O5S/c1-29(2,3)19-27(34)32(11-10-31-12-14-38-15-13-31)20-28(35)33-23(18-22(30-33)26-7-6-16-39-26)21-8-9-24(36-4)25(17-21)37-5/h6-9,16-17,23H,10-15,18-20H2,1-5H3. The summed E-state index contributed by atoms with van der Waals surface area (Å²) in [7, 11) is 3.20. The van der Waals surface area contributed by atoms with Crippen molar-refractivity contribution in [3.05, 3.63) is 46.2 Å². The number of rotatable bonds is 10. The molecule has 10 heteroatoms. The van der Waals surface area contributed by atoms with Gasteiger partial charge in [0, 0.05) is 39.0 Å². The van der Waals surface area contributed by atoms with Gasteiger partial charge in [0.25, 0.3) is 5.91 Å². The third-order valence-corrected chi connectivity index (χ3v) is 7.83. The molecule has 2 aliphatic heterocycles. The zero-order valence-electron chi connectivity index (χ0n) is 23.6. The van der Waals surface area contributed by atoms with Gasteiger partial charge in [-0.05, 0) is 34.6 Å². The average Bonchev–Trinajstić information content (AvgIpc) is 3.60. The number of methoxy groups -OCH3 is 2. The van der Waals surface area contributed by atoms with Gasteiger partial charge in [0.05, 0.1) is 44.1 Å². The second kappa shape index (κ2) is 12.9. The predicted molar refractivity (Wildman–Crippen MR) is 153 cm³/mol. The van der Waals surface area contributed by atoms with Gasteiger partial charge in [-0.15, -0.1) is 11.3 Å². The highest BCUT2D eigenvalue weighted by Gasteiger charge is 2.35. The molecule has 1 unspecified atom stereocenters. The van der Waals surface area contributed by atoms with E-state index >= 15 is 0 Å². The molecule has 1 aromatic carbocycles. The highest BCUT2D eigenvalue weighted by atomic mass is 32.1. The van der Waals surface area contributed by atoms with Crippen LogP contribution in [0, 0.1) is 5.41 Å². The lowest BCUT2D eigenvalue weighted by molar-refractivity contribution is -0.142. The fourth-order valence-electron chi connectivity index (χ4n) is 4.83. The number of carbonyl (C=O) groups is 2. The Bertz CT molecular complexity index is 1150. The molecule has 1 aromatic heterocycles. The van der Waals surface area contributed by atoms with Gasteiger partial charge in [-0.3, -0.25) is 14.5 Å². The van der Waals surface area contributed by atoms with Crippen molar-refractivity contribution in [2.24, 2.45) is 10.5 Å². The van der Waals surface area contributed by atoms with E-state index in [2.05, 4.69) is 4.90 Å². The van der Waals surface area contributed by atoms with Gasteiger partial charge in [-0.25, -0.2) is 5.01 Å². The predicted octanol–water partition coefficient (Wildman–Crippen LogP) is 4.04. The third-order valence-electron chi connectivity index (χ3n) is 6.91. The van der Waals surface area contributed by atoms with Gasteiger partial charge < -0.3 is 19.1 Å². The fourth-order valence-corrected chi connectivity index (χ4v) is 5.55. The quantitative estimate of drug-likeness (QED) is 0.439. The van der Waals surface area contributed by atoms with Crippen LogP contribution in [0.4, 0.5) is 0 Å². The van der Waals surface area contributed by atoms with Crippen LogP contribution in [0.25, 0.3) is 0 Å². The van der Waals surface area contributed by atoms with E-state index in [0.717, 1.165) is 29.2 Å². The maximum atomic E-state index is 13.9. The molecule has 0 spiro atoms. The number of benzene rings is 1. The van der Waals surface area contributed by atoms with Crippen LogP contribution < -0.4 is 9.47 Å². The molecule has 0 aliphatic carbocycles. The van der Waals surface area contributed by atoms with Gasteiger partial charge in [0.2, 0.25) is 5.91 Å². The smallest absolute Gasteiger partial charge is 0.262 e. The Labute approximate surface area is 235 Å². The highest BCUT2D eigenvalue weighted by molar-refractivity contribution is 7.12. The summed E-state index contributed by atoms with van der Waals surface area (Å²) in [6.07, 6.45) is 0.942. The summed E-state index contributed by atoms with van der Waals surface area (Å²) in [5, 5.41) is 8.36. The Balaban J connectivity index is 1.58. The Hall–Kier alpha value is -2.95. The monoisotopic (exact) mass is 556 g/mol. The lowest BCUT2D eigenvalue weighted by Gasteiger charge is -2.32. The molecule has 3 heterocycles. The fraction of sp³-hybridized carbons (Fsp3) is 0.552. The van der Waals surface area contributed by atoms with Crippen molar-refractivity contribution in [2.75, 3.05) is 60.2 Å². The number of thiophene rings is 1. The number of hydrazone groups is 1. The molecule has 0 N–H and O–H groups in total.